The molecule has 1 spiro atoms. The van der Waals surface area contributed by atoms with E-state index in [-0.39, 0.29) is 5.60 Å². The Balaban J connectivity index is 1.69. The predicted octanol–water partition coefficient (Wildman–Crippen LogP) is 2.04. The molecule has 110 valence electrons. The van der Waals surface area contributed by atoms with Crippen molar-refractivity contribution in [1.82, 2.24) is 5.32 Å². The topological polar surface area (TPSA) is 41.5 Å². The summed E-state index contributed by atoms with van der Waals surface area (Å²) in [6.45, 7) is 5.00. The Bertz CT molecular complexity index is 309. The second-order valence-electron chi connectivity index (χ2n) is 6.79. The van der Waals surface area contributed by atoms with Crippen LogP contribution in [0.5, 0.6) is 0 Å². The minimum atomic E-state index is -0.530. The van der Waals surface area contributed by atoms with Crippen molar-refractivity contribution in [2.75, 3.05) is 31.2 Å². The molecule has 0 aliphatic carbocycles. The fourth-order valence-electron chi connectivity index (χ4n) is 4.07. The SMILES string of the molecule is CC(O)(C1CCCNC1)C1CCOC2(CCSC2)C1. The van der Waals surface area contributed by atoms with Crippen LogP contribution < -0.4 is 5.32 Å². The third-order valence-corrected chi connectivity index (χ3v) is 6.73. The van der Waals surface area contributed by atoms with E-state index in [1.807, 2.05) is 11.8 Å². The zero-order valence-electron chi connectivity index (χ0n) is 12.0. The van der Waals surface area contributed by atoms with Crippen molar-refractivity contribution < 1.29 is 9.84 Å². The maximum absolute atomic E-state index is 11.1. The highest BCUT2D eigenvalue weighted by Gasteiger charge is 2.48. The molecule has 4 heteroatoms. The van der Waals surface area contributed by atoms with E-state index in [1.54, 1.807) is 0 Å². The molecule has 3 heterocycles. The Morgan fingerprint density at radius 3 is 2.95 bits per heavy atom. The number of aliphatic hydroxyl groups is 1. The quantitative estimate of drug-likeness (QED) is 0.815. The molecule has 0 saturated carbocycles. The van der Waals surface area contributed by atoms with Gasteiger partial charge in [-0.15, -0.1) is 0 Å². The van der Waals surface area contributed by atoms with E-state index >= 15 is 0 Å². The van der Waals surface area contributed by atoms with E-state index in [4.69, 9.17) is 4.74 Å². The summed E-state index contributed by atoms with van der Waals surface area (Å²) < 4.78 is 6.09. The standard InChI is InChI=1S/C15H27NO2S/c1-14(17,13-3-2-6-16-10-13)12-4-7-18-15(9-12)5-8-19-11-15/h12-13,16-17H,2-11H2,1H3. The van der Waals surface area contributed by atoms with Gasteiger partial charge in [0.2, 0.25) is 0 Å². The molecule has 0 bridgehead atoms. The summed E-state index contributed by atoms with van der Waals surface area (Å²) in [5.41, 5.74) is -0.447. The molecule has 0 aromatic heterocycles. The van der Waals surface area contributed by atoms with Crippen molar-refractivity contribution in [3.8, 4) is 0 Å². The molecule has 0 aromatic carbocycles. The van der Waals surface area contributed by atoms with E-state index in [0.717, 1.165) is 38.3 Å². The molecule has 0 amide bonds. The lowest BCUT2D eigenvalue weighted by atomic mass is 9.69. The van der Waals surface area contributed by atoms with Crippen LogP contribution in [-0.4, -0.2) is 47.5 Å². The largest absolute Gasteiger partial charge is 0.390 e. The van der Waals surface area contributed by atoms with Crippen LogP contribution in [0.25, 0.3) is 0 Å². The van der Waals surface area contributed by atoms with E-state index < -0.39 is 5.60 Å². The van der Waals surface area contributed by atoms with Crippen molar-refractivity contribution in [3.63, 3.8) is 0 Å². The third kappa shape index (κ3) is 2.82. The molecule has 0 radical (unpaired) electrons. The lowest BCUT2D eigenvalue weighted by Gasteiger charge is -2.47. The summed E-state index contributed by atoms with van der Waals surface area (Å²) in [5, 5.41) is 14.6. The molecule has 19 heavy (non-hydrogen) atoms. The van der Waals surface area contributed by atoms with Gasteiger partial charge in [-0.2, -0.15) is 11.8 Å². The van der Waals surface area contributed by atoms with E-state index in [0.29, 0.717) is 11.8 Å². The second-order valence-corrected chi connectivity index (χ2v) is 7.90. The third-order valence-electron chi connectivity index (χ3n) is 5.51. The number of hydrogen-bond donors (Lipinski definition) is 2. The molecule has 3 rings (SSSR count). The zero-order chi connectivity index (χ0) is 13.3. The Morgan fingerprint density at radius 2 is 2.26 bits per heavy atom. The molecule has 3 aliphatic heterocycles. The molecule has 4 atom stereocenters. The molecule has 3 saturated heterocycles. The number of rotatable bonds is 2. The number of nitrogens with one attached hydrogen (secondary N) is 1. The van der Waals surface area contributed by atoms with Crippen LogP contribution in [0.15, 0.2) is 0 Å². The lowest BCUT2D eigenvalue weighted by molar-refractivity contribution is -0.146. The van der Waals surface area contributed by atoms with Gasteiger partial charge in [-0.25, -0.2) is 0 Å². The van der Waals surface area contributed by atoms with Crippen LogP contribution in [-0.2, 0) is 4.74 Å². The molecule has 2 N–H and O–H groups in total. The van der Waals surface area contributed by atoms with Gasteiger partial charge in [0, 0.05) is 24.8 Å². The van der Waals surface area contributed by atoms with E-state index in [9.17, 15) is 5.11 Å². The van der Waals surface area contributed by atoms with Crippen molar-refractivity contribution in [3.05, 3.63) is 0 Å². The van der Waals surface area contributed by atoms with Gasteiger partial charge in [-0.1, -0.05) is 0 Å². The summed E-state index contributed by atoms with van der Waals surface area (Å²) in [5.74, 6) is 3.17. The Morgan fingerprint density at radius 1 is 1.37 bits per heavy atom. The average Bonchev–Trinajstić information content (AvgIpc) is 2.88. The monoisotopic (exact) mass is 285 g/mol. The summed E-state index contributed by atoms with van der Waals surface area (Å²) in [6, 6.07) is 0. The Hall–Kier alpha value is 0.230. The first-order chi connectivity index (χ1) is 9.12. The summed E-state index contributed by atoms with van der Waals surface area (Å²) in [6.07, 6.45) is 5.62. The van der Waals surface area contributed by atoms with Crippen LogP contribution in [0.1, 0.15) is 39.0 Å². The van der Waals surface area contributed by atoms with Crippen molar-refractivity contribution >= 4 is 11.8 Å². The normalized spacial score (nSPS) is 43.3. The number of piperidine rings is 1. The molecular weight excluding hydrogens is 258 g/mol. The van der Waals surface area contributed by atoms with Crippen LogP contribution in [0.4, 0.5) is 0 Å². The maximum Gasteiger partial charge on any atom is 0.0784 e. The first-order valence-electron chi connectivity index (χ1n) is 7.77. The van der Waals surface area contributed by atoms with Gasteiger partial charge in [0.1, 0.15) is 0 Å². The molecule has 0 aromatic rings. The van der Waals surface area contributed by atoms with Gasteiger partial charge in [-0.05, 0) is 57.2 Å². The number of hydrogen-bond acceptors (Lipinski definition) is 4. The average molecular weight is 285 g/mol. The zero-order valence-corrected chi connectivity index (χ0v) is 12.8. The van der Waals surface area contributed by atoms with Crippen molar-refractivity contribution in [2.45, 2.75) is 50.2 Å². The highest BCUT2D eigenvalue weighted by molar-refractivity contribution is 7.99. The minimum absolute atomic E-state index is 0.0830. The maximum atomic E-state index is 11.1. The van der Waals surface area contributed by atoms with Crippen LogP contribution in [0, 0.1) is 11.8 Å². The van der Waals surface area contributed by atoms with Crippen LogP contribution in [0.2, 0.25) is 0 Å². The molecular formula is C15H27NO2S. The van der Waals surface area contributed by atoms with E-state index in [1.165, 1.54) is 25.0 Å². The molecule has 3 fully saturated rings. The van der Waals surface area contributed by atoms with Crippen molar-refractivity contribution in [2.24, 2.45) is 11.8 Å². The molecule has 4 unspecified atom stereocenters. The molecule has 3 nitrogen and oxygen atoms in total. The molecule has 3 aliphatic rings. The second kappa shape index (κ2) is 5.55. The number of ether oxygens (including phenoxy) is 1. The lowest BCUT2D eigenvalue weighted by Crippen LogP contribution is -2.53. The summed E-state index contributed by atoms with van der Waals surface area (Å²) >= 11 is 2.01. The predicted molar refractivity (Wildman–Crippen MR) is 79.6 cm³/mol. The van der Waals surface area contributed by atoms with Gasteiger partial charge in [-0.3, -0.25) is 0 Å². The van der Waals surface area contributed by atoms with Crippen molar-refractivity contribution in [1.29, 1.82) is 0 Å². The highest BCUT2D eigenvalue weighted by Crippen LogP contribution is 2.45. The minimum Gasteiger partial charge on any atom is -0.390 e. The van der Waals surface area contributed by atoms with Gasteiger partial charge < -0.3 is 15.2 Å². The first-order valence-corrected chi connectivity index (χ1v) is 8.93. The Kier molecular flexibility index (Phi) is 4.14. The number of thioether (sulfide) groups is 1. The van der Waals surface area contributed by atoms with Gasteiger partial charge >= 0.3 is 0 Å². The van der Waals surface area contributed by atoms with E-state index in [2.05, 4.69) is 12.2 Å². The van der Waals surface area contributed by atoms with Crippen LogP contribution >= 0.6 is 11.8 Å². The Labute approximate surface area is 120 Å². The van der Waals surface area contributed by atoms with Gasteiger partial charge in [0.15, 0.2) is 0 Å². The smallest absolute Gasteiger partial charge is 0.0784 e. The van der Waals surface area contributed by atoms with Gasteiger partial charge in [0.25, 0.3) is 0 Å². The summed E-state index contributed by atoms with van der Waals surface area (Å²) in [4.78, 5) is 0. The summed E-state index contributed by atoms with van der Waals surface area (Å²) in [7, 11) is 0. The first kappa shape index (κ1) is 14.2. The van der Waals surface area contributed by atoms with Gasteiger partial charge in [0.05, 0.1) is 11.2 Å². The fourth-order valence-corrected chi connectivity index (χ4v) is 5.45. The highest BCUT2D eigenvalue weighted by atomic mass is 32.2. The fraction of sp³-hybridized carbons (Fsp3) is 1.00. The van der Waals surface area contributed by atoms with Crippen LogP contribution in [0.3, 0.4) is 0 Å².